The van der Waals surface area contributed by atoms with Crippen molar-refractivity contribution in [2.75, 3.05) is 35.5 Å². The van der Waals surface area contributed by atoms with Crippen molar-refractivity contribution in [1.82, 2.24) is 0 Å². The molecule has 2 aromatic rings. The SMILES string of the molecule is COC(=O)c1cccc(Cc2c(C)c(OC)c(OC)c(OC)c2OC)c1. The summed E-state index contributed by atoms with van der Waals surface area (Å²) in [4.78, 5) is 11.8. The molecule has 0 bridgehead atoms. The van der Waals surface area contributed by atoms with E-state index in [1.807, 2.05) is 19.1 Å². The van der Waals surface area contributed by atoms with Crippen LogP contribution >= 0.6 is 0 Å². The van der Waals surface area contributed by atoms with Crippen LogP contribution in [0.5, 0.6) is 23.0 Å². The van der Waals surface area contributed by atoms with Gasteiger partial charge < -0.3 is 23.7 Å². The number of carbonyl (C=O) groups is 1. The Balaban J connectivity index is 2.61. The molecule has 140 valence electrons. The van der Waals surface area contributed by atoms with E-state index in [4.69, 9.17) is 23.7 Å². The van der Waals surface area contributed by atoms with Crippen molar-refractivity contribution in [3.63, 3.8) is 0 Å². The Morgan fingerprint density at radius 2 is 1.42 bits per heavy atom. The molecule has 0 atom stereocenters. The Bertz CT molecular complexity index is 797. The van der Waals surface area contributed by atoms with Crippen LogP contribution in [0.1, 0.15) is 27.0 Å². The third kappa shape index (κ3) is 3.54. The molecule has 0 aliphatic rings. The summed E-state index contributed by atoms with van der Waals surface area (Å²) in [6, 6.07) is 7.28. The lowest BCUT2D eigenvalue weighted by Gasteiger charge is -2.21. The van der Waals surface area contributed by atoms with Crippen molar-refractivity contribution in [2.45, 2.75) is 13.3 Å². The molecular formula is C20H24O6. The summed E-state index contributed by atoms with van der Waals surface area (Å²) in [6.07, 6.45) is 0.524. The first-order valence-electron chi connectivity index (χ1n) is 8.04. The van der Waals surface area contributed by atoms with E-state index in [2.05, 4.69) is 0 Å². The van der Waals surface area contributed by atoms with Gasteiger partial charge >= 0.3 is 5.97 Å². The summed E-state index contributed by atoms with van der Waals surface area (Å²) in [6.45, 7) is 1.93. The lowest BCUT2D eigenvalue weighted by molar-refractivity contribution is 0.0600. The zero-order valence-electron chi connectivity index (χ0n) is 16.0. The van der Waals surface area contributed by atoms with E-state index in [9.17, 15) is 4.79 Å². The molecule has 2 aromatic carbocycles. The molecule has 2 rings (SSSR count). The van der Waals surface area contributed by atoms with E-state index in [-0.39, 0.29) is 5.97 Å². The molecule has 0 saturated carbocycles. The maximum absolute atomic E-state index is 11.8. The molecule has 0 aliphatic carbocycles. The van der Waals surface area contributed by atoms with Crippen molar-refractivity contribution in [2.24, 2.45) is 0 Å². The van der Waals surface area contributed by atoms with Gasteiger partial charge in [-0.2, -0.15) is 0 Å². The first-order valence-corrected chi connectivity index (χ1v) is 8.04. The number of carbonyl (C=O) groups excluding carboxylic acids is 1. The van der Waals surface area contributed by atoms with E-state index in [1.165, 1.54) is 7.11 Å². The highest BCUT2D eigenvalue weighted by molar-refractivity contribution is 5.89. The highest BCUT2D eigenvalue weighted by Crippen LogP contribution is 2.49. The predicted octanol–water partition coefficient (Wildman–Crippen LogP) is 3.41. The standard InChI is InChI=1S/C20H24O6/c1-12-15(11-13-8-7-9-14(10-13)20(21)26-6)17(23-3)19(25-5)18(24-4)16(12)22-2/h7-10H,11H2,1-6H3. The second kappa shape index (κ2) is 8.47. The van der Waals surface area contributed by atoms with Gasteiger partial charge in [0.2, 0.25) is 11.5 Å². The van der Waals surface area contributed by atoms with Crippen LogP contribution in [0.15, 0.2) is 24.3 Å². The molecule has 6 heteroatoms. The van der Waals surface area contributed by atoms with Gasteiger partial charge in [-0.1, -0.05) is 12.1 Å². The fraction of sp³-hybridized carbons (Fsp3) is 0.350. The third-order valence-electron chi connectivity index (χ3n) is 4.23. The second-order valence-electron chi connectivity index (χ2n) is 5.61. The minimum Gasteiger partial charge on any atom is -0.492 e. The summed E-state index contributed by atoms with van der Waals surface area (Å²) in [5.74, 6) is 1.74. The van der Waals surface area contributed by atoms with Crippen LogP contribution < -0.4 is 18.9 Å². The number of methoxy groups -OCH3 is 5. The molecule has 0 aromatic heterocycles. The van der Waals surface area contributed by atoms with Gasteiger partial charge in [-0.05, 0) is 24.6 Å². The average Bonchev–Trinajstić information content (AvgIpc) is 2.68. The highest BCUT2D eigenvalue weighted by Gasteiger charge is 2.25. The van der Waals surface area contributed by atoms with Gasteiger partial charge in [0.05, 0.1) is 41.1 Å². The number of hydrogen-bond donors (Lipinski definition) is 0. The highest BCUT2D eigenvalue weighted by atomic mass is 16.5. The smallest absolute Gasteiger partial charge is 0.337 e. The van der Waals surface area contributed by atoms with Crippen molar-refractivity contribution in [3.05, 3.63) is 46.5 Å². The second-order valence-corrected chi connectivity index (χ2v) is 5.61. The maximum atomic E-state index is 11.8. The molecule has 0 unspecified atom stereocenters. The van der Waals surface area contributed by atoms with Gasteiger partial charge in [0, 0.05) is 17.5 Å². The molecule has 0 N–H and O–H groups in total. The Morgan fingerprint density at radius 1 is 0.846 bits per heavy atom. The van der Waals surface area contributed by atoms with Gasteiger partial charge in [0.1, 0.15) is 0 Å². The molecule has 26 heavy (non-hydrogen) atoms. The minimum atomic E-state index is -0.375. The summed E-state index contributed by atoms with van der Waals surface area (Å²) < 4.78 is 26.9. The van der Waals surface area contributed by atoms with Gasteiger partial charge in [-0.3, -0.25) is 0 Å². The molecule has 0 saturated heterocycles. The third-order valence-corrected chi connectivity index (χ3v) is 4.23. The van der Waals surface area contributed by atoms with E-state index in [1.54, 1.807) is 40.6 Å². The summed E-state index contributed by atoms with van der Waals surface area (Å²) in [5, 5.41) is 0. The van der Waals surface area contributed by atoms with Crippen LogP contribution in [0.25, 0.3) is 0 Å². The van der Waals surface area contributed by atoms with Crippen LogP contribution in [0.2, 0.25) is 0 Å². The molecule has 0 aliphatic heterocycles. The Morgan fingerprint density at radius 3 is 1.96 bits per heavy atom. The van der Waals surface area contributed by atoms with Crippen LogP contribution in [0, 0.1) is 6.92 Å². The zero-order valence-corrected chi connectivity index (χ0v) is 16.0. The van der Waals surface area contributed by atoms with Crippen molar-refractivity contribution >= 4 is 5.97 Å². The number of hydrogen-bond acceptors (Lipinski definition) is 6. The zero-order chi connectivity index (χ0) is 19.3. The summed E-state index contributed by atoms with van der Waals surface area (Å²) in [5.41, 5.74) is 3.20. The van der Waals surface area contributed by atoms with E-state index in [0.717, 1.165) is 16.7 Å². The number of benzene rings is 2. The van der Waals surface area contributed by atoms with Crippen LogP contribution in [0.4, 0.5) is 0 Å². The Labute approximate surface area is 153 Å². The van der Waals surface area contributed by atoms with Crippen molar-refractivity contribution in [1.29, 1.82) is 0 Å². The van der Waals surface area contributed by atoms with Gasteiger partial charge in [-0.25, -0.2) is 4.79 Å². The number of esters is 1. The molecule has 0 amide bonds. The normalized spacial score (nSPS) is 10.2. The Kier molecular flexibility index (Phi) is 6.33. The van der Waals surface area contributed by atoms with E-state index >= 15 is 0 Å². The molecule has 0 heterocycles. The van der Waals surface area contributed by atoms with Gasteiger partial charge in [-0.15, -0.1) is 0 Å². The first-order chi connectivity index (χ1) is 12.5. The molecular weight excluding hydrogens is 336 g/mol. The molecule has 6 nitrogen and oxygen atoms in total. The largest absolute Gasteiger partial charge is 0.492 e. The van der Waals surface area contributed by atoms with Gasteiger partial charge in [0.15, 0.2) is 11.5 Å². The number of ether oxygens (including phenoxy) is 5. The van der Waals surface area contributed by atoms with Crippen molar-refractivity contribution < 1.29 is 28.5 Å². The van der Waals surface area contributed by atoms with Crippen LogP contribution in [0.3, 0.4) is 0 Å². The summed E-state index contributed by atoms with van der Waals surface area (Å²) >= 11 is 0. The summed E-state index contributed by atoms with van der Waals surface area (Å²) in [7, 11) is 7.63. The molecule has 0 radical (unpaired) electrons. The average molecular weight is 360 g/mol. The lowest BCUT2D eigenvalue weighted by atomic mass is 9.96. The minimum absolute atomic E-state index is 0.375. The fourth-order valence-corrected chi connectivity index (χ4v) is 3.00. The van der Waals surface area contributed by atoms with Crippen LogP contribution in [-0.4, -0.2) is 41.5 Å². The quantitative estimate of drug-likeness (QED) is 0.705. The molecule has 0 spiro atoms. The van der Waals surface area contributed by atoms with Gasteiger partial charge in [0.25, 0.3) is 0 Å². The fourth-order valence-electron chi connectivity index (χ4n) is 3.00. The maximum Gasteiger partial charge on any atom is 0.337 e. The topological polar surface area (TPSA) is 63.2 Å². The predicted molar refractivity (Wildman–Crippen MR) is 98.0 cm³/mol. The monoisotopic (exact) mass is 360 g/mol. The first kappa shape index (κ1) is 19.4. The van der Waals surface area contributed by atoms with Crippen molar-refractivity contribution in [3.8, 4) is 23.0 Å². The lowest BCUT2D eigenvalue weighted by Crippen LogP contribution is -2.06. The Hall–Kier alpha value is -2.89. The number of rotatable bonds is 7. The van der Waals surface area contributed by atoms with Crippen LogP contribution in [-0.2, 0) is 11.2 Å². The van der Waals surface area contributed by atoms with E-state index < -0.39 is 0 Å². The van der Waals surface area contributed by atoms with E-state index in [0.29, 0.717) is 35.0 Å². The molecule has 0 fully saturated rings.